The number of aromatic nitrogens is 2. The van der Waals surface area contributed by atoms with Crippen molar-refractivity contribution in [2.45, 2.75) is 26.4 Å². The molecular formula is C15H17N3O. The monoisotopic (exact) mass is 255 g/mol. The largest absolute Gasteiger partial charge is 0.488 e. The number of hydrogen-bond donors (Lipinski definition) is 1. The zero-order valence-corrected chi connectivity index (χ0v) is 11.2. The number of benzene rings is 1. The van der Waals surface area contributed by atoms with Crippen LogP contribution in [0.25, 0.3) is 11.3 Å². The smallest absolute Gasteiger partial charge is 0.132 e. The van der Waals surface area contributed by atoms with Crippen LogP contribution in [0, 0.1) is 13.8 Å². The number of nitrogens with zero attached hydrogens (tertiary/aromatic N) is 2. The van der Waals surface area contributed by atoms with E-state index in [9.17, 15) is 0 Å². The average Bonchev–Trinajstić information content (AvgIpc) is 2.84. The molecule has 0 radical (unpaired) electrons. The summed E-state index contributed by atoms with van der Waals surface area (Å²) < 4.78 is 5.94. The van der Waals surface area contributed by atoms with Gasteiger partial charge in [0, 0.05) is 24.7 Å². The van der Waals surface area contributed by atoms with E-state index in [2.05, 4.69) is 16.0 Å². The Hall–Kier alpha value is -1.94. The minimum Gasteiger partial charge on any atom is -0.488 e. The molecule has 1 aromatic heterocycles. The molecule has 0 spiro atoms. The van der Waals surface area contributed by atoms with Crippen LogP contribution in [0.5, 0.6) is 5.75 Å². The van der Waals surface area contributed by atoms with Gasteiger partial charge >= 0.3 is 0 Å². The molecule has 0 bridgehead atoms. The third-order valence-corrected chi connectivity index (χ3v) is 3.42. The van der Waals surface area contributed by atoms with Crippen LogP contribution < -0.4 is 10.5 Å². The highest BCUT2D eigenvalue weighted by atomic mass is 16.5. The number of fused-ring (bicyclic) bond motifs is 1. The summed E-state index contributed by atoms with van der Waals surface area (Å²) in [5.41, 5.74) is 10.6. The lowest BCUT2D eigenvalue weighted by molar-refractivity contribution is 0.242. The van der Waals surface area contributed by atoms with E-state index >= 15 is 0 Å². The van der Waals surface area contributed by atoms with E-state index in [0.717, 1.165) is 34.8 Å². The second-order valence-electron chi connectivity index (χ2n) is 4.92. The molecule has 2 aromatic rings. The van der Waals surface area contributed by atoms with Crippen LogP contribution in [-0.2, 0) is 6.42 Å². The van der Waals surface area contributed by atoms with Crippen LogP contribution in [0.15, 0.2) is 24.4 Å². The summed E-state index contributed by atoms with van der Waals surface area (Å²) in [5.74, 6) is 0.918. The van der Waals surface area contributed by atoms with Crippen LogP contribution >= 0.6 is 0 Å². The fourth-order valence-corrected chi connectivity index (χ4v) is 2.45. The molecule has 0 fully saturated rings. The van der Waals surface area contributed by atoms with E-state index in [-0.39, 0.29) is 6.10 Å². The third kappa shape index (κ3) is 2.08. The number of ether oxygens (including phenoxy) is 1. The van der Waals surface area contributed by atoms with Crippen molar-refractivity contribution in [1.82, 2.24) is 9.97 Å². The van der Waals surface area contributed by atoms with Gasteiger partial charge in [0.05, 0.1) is 17.1 Å². The van der Waals surface area contributed by atoms with Crippen LogP contribution in [0.1, 0.15) is 17.0 Å². The van der Waals surface area contributed by atoms with Gasteiger partial charge in [0.15, 0.2) is 0 Å². The second-order valence-corrected chi connectivity index (χ2v) is 4.92. The summed E-state index contributed by atoms with van der Waals surface area (Å²) in [6, 6.07) is 6.17. The Balaban J connectivity index is 2.13. The van der Waals surface area contributed by atoms with Crippen LogP contribution in [0.3, 0.4) is 0 Å². The Labute approximate surface area is 112 Å². The molecule has 2 heterocycles. The van der Waals surface area contributed by atoms with Crippen molar-refractivity contribution in [3.8, 4) is 17.0 Å². The second kappa shape index (κ2) is 4.63. The summed E-state index contributed by atoms with van der Waals surface area (Å²) in [5, 5.41) is 0. The molecule has 0 aliphatic carbocycles. The van der Waals surface area contributed by atoms with E-state index in [4.69, 9.17) is 10.5 Å². The summed E-state index contributed by atoms with van der Waals surface area (Å²) in [6.45, 7) is 4.45. The van der Waals surface area contributed by atoms with Crippen molar-refractivity contribution in [3.63, 3.8) is 0 Å². The van der Waals surface area contributed by atoms with E-state index in [1.807, 2.05) is 26.0 Å². The SMILES string of the molecule is Cc1cnc(C)c(-c2cccc3c2OC(CN)C3)n1. The molecule has 0 saturated heterocycles. The molecular weight excluding hydrogens is 238 g/mol. The molecule has 19 heavy (non-hydrogen) atoms. The maximum absolute atomic E-state index is 5.94. The average molecular weight is 255 g/mol. The molecule has 98 valence electrons. The Morgan fingerprint density at radius 3 is 3.00 bits per heavy atom. The van der Waals surface area contributed by atoms with Crippen molar-refractivity contribution >= 4 is 0 Å². The first-order chi connectivity index (χ1) is 9.19. The first-order valence-electron chi connectivity index (χ1n) is 6.48. The van der Waals surface area contributed by atoms with Crippen molar-refractivity contribution in [1.29, 1.82) is 0 Å². The van der Waals surface area contributed by atoms with Gasteiger partial charge in [0.25, 0.3) is 0 Å². The van der Waals surface area contributed by atoms with Crippen LogP contribution in [0.2, 0.25) is 0 Å². The fourth-order valence-electron chi connectivity index (χ4n) is 2.45. The molecule has 0 amide bonds. The normalized spacial score (nSPS) is 17.1. The third-order valence-electron chi connectivity index (χ3n) is 3.42. The van der Waals surface area contributed by atoms with E-state index in [0.29, 0.717) is 6.54 Å². The zero-order valence-electron chi connectivity index (χ0n) is 11.2. The highest BCUT2D eigenvalue weighted by Crippen LogP contribution is 2.38. The minimum absolute atomic E-state index is 0.0780. The summed E-state index contributed by atoms with van der Waals surface area (Å²) in [7, 11) is 0. The van der Waals surface area contributed by atoms with Gasteiger partial charge in [-0.2, -0.15) is 0 Å². The first-order valence-corrected chi connectivity index (χ1v) is 6.48. The predicted molar refractivity (Wildman–Crippen MR) is 74.1 cm³/mol. The van der Waals surface area contributed by atoms with Gasteiger partial charge in [-0.25, -0.2) is 4.98 Å². The molecule has 1 atom stereocenters. The highest BCUT2D eigenvalue weighted by Gasteiger charge is 2.25. The summed E-state index contributed by atoms with van der Waals surface area (Å²) in [6.07, 6.45) is 2.73. The molecule has 1 aliphatic heterocycles. The molecule has 0 saturated carbocycles. The van der Waals surface area contributed by atoms with E-state index in [1.165, 1.54) is 5.56 Å². The van der Waals surface area contributed by atoms with E-state index in [1.54, 1.807) is 6.20 Å². The van der Waals surface area contributed by atoms with E-state index < -0.39 is 0 Å². The fraction of sp³-hybridized carbons (Fsp3) is 0.333. The number of aryl methyl sites for hydroxylation is 2. The van der Waals surface area contributed by atoms with Crippen molar-refractivity contribution in [2.75, 3.05) is 6.54 Å². The lowest BCUT2D eigenvalue weighted by Gasteiger charge is -2.12. The van der Waals surface area contributed by atoms with Gasteiger partial charge < -0.3 is 10.5 Å². The molecule has 1 aliphatic rings. The Morgan fingerprint density at radius 1 is 1.37 bits per heavy atom. The quantitative estimate of drug-likeness (QED) is 0.892. The minimum atomic E-state index is 0.0780. The lowest BCUT2D eigenvalue weighted by atomic mass is 10.0. The zero-order chi connectivity index (χ0) is 13.4. The van der Waals surface area contributed by atoms with Gasteiger partial charge in [-0.05, 0) is 25.5 Å². The number of para-hydroxylation sites is 1. The van der Waals surface area contributed by atoms with Gasteiger partial charge in [-0.3, -0.25) is 4.98 Å². The number of nitrogens with two attached hydrogens (primary N) is 1. The van der Waals surface area contributed by atoms with Gasteiger partial charge in [0.1, 0.15) is 11.9 Å². The Bertz CT molecular complexity index is 625. The standard InChI is InChI=1S/C15H17N3O/c1-9-8-17-10(2)14(18-9)13-5-3-4-11-6-12(7-16)19-15(11)13/h3-5,8,12H,6-7,16H2,1-2H3. The van der Waals surface area contributed by atoms with Crippen LogP contribution in [-0.4, -0.2) is 22.6 Å². The predicted octanol–water partition coefficient (Wildman–Crippen LogP) is 2.02. The molecule has 4 heteroatoms. The van der Waals surface area contributed by atoms with Gasteiger partial charge in [-0.15, -0.1) is 0 Å². The molecule has 1 aromatic carbocycles. The molecule has 4 nitrogen and oxygen atoms in total. The summed E-state index contributed by atoms with van der Waals surface area (Å²) >= 11 is 0. The Kier molecular flexibility index (Phi) is 2.95. The van der Waals surface area contributed by atoms with Gasteiger partial charge in [0.2, 0.25) is 0 Å². The number of hydrogen-bond acceptors (Lipinski definition) is 4. The molecule has 3 rings (SSSR count). The molecule has 1 unspecified atom stereocenters. The first kappa shape index (κ1) is 12.1. The number of rotatable bonds is 2. The van der Waals surface area contributed by atoms with Crippen molar-refractivity contribution < 1.29 is 4.74 Å². The molecule has 2 N–H and O–H groups in total. The summed E-state index contributed by atoms with van der Waals surface area (Å²) in [4.78, 5) is 8.97. The van der Waals surface area contributed by atoms with Gasteiger partial charge in [-0.1, -0.05) is 12.1 Å². The van der Waals surface area contributed by atoms with Crippen LogP contribution in [0.4, 0.5) is 0 Å². The highest BCUT2D eigenvalue weighted by molar-refractivity contribution is 5.71. The van der Waals surface area contributed by atoms with Crippen molar-refractivity contribution in [3.05, 3.63) is 41.3 Å². The van der Waals surface area contributed by atoms with Crippen molar-refractivity contribution in [2.24, 2.45) is 5.73 Å². The Morgan fingerprint density at radius 2 is 2.21 bits per heavy atom. The topological polar surface area (TPSA) is 61.0 Å². The maximum atomic E-state index is 5.94. The maximum Gasteiger partial charge on any atom is 0.132 e. The lowest BCUT2D eigenvalue weighted by Crippen LogP contribution is -2.24.